The monoisotopic (exact) mass is 405 g/mol. The summed E-state index contributed by atoms with van der Waals surface area (Å²) in [5, 5.41) is 0.730. The van der Waals surface area contributed by atoms with E-state index in [-0.39, 0.29) is 0 Å². The van der Waals surface area contributed by atoms with Crippen LogP contribution < -0.4 is 9.83 Å². The van der Waals surface area contributed by atoms with Crippen LogP contribution in [0, 0.1) is 0 Å². The molecule has 0 N–H and O–H groups in total. The van der Waals surface area contributed by atoms with Crippen molar-refractivity contribution in [3.63, 3.8) is 0 Å². The molecule has 2 nitrogen and oxygen atoms in total. The minimum atomic E-state index is -1.97. The van der Waals surface area contributed by atoms with Crippen LogP contribution in [0.4, 0.5) is 0 Å². The van der Waals surface area contributed by atoms with Crippen LogP contribution in [0.2, 0.25) is 0 Å². The molecule has 150 valence electrons. The molecule has 0 fully saturated rings. The molecule has 0 spiro atoms. The molecule has 29 heavy (non-hydrogen) atoms. The van der Waals surface area contributed by atoms with Gasteiger partial charge >= 0.3 is 8.03 Å². The van der Waals surface area contributed by atoms with Gasteiger partial charge in [-0.3, -0.25) is 0 Å². The molecule has 0 bridgehead atoms. The molecule has 1 atom stereocenters. The van der Waals surface area contributed by atoms with Crippen molar-refractivity contribution in [3.8, 4) is 16.9 Å². The summed E-state index contributed by atoms with van der Waals surface area (Å²) in [6, 6.07) is 24.4. The topological polar surface area (TPSA) is 26.3 Å². The average Bonchev–Trinajstić information content (AvgIpc) is 2.78. The van der Waals surface area contributed by atoms with E-state index in [1.807, 2.05) is 42.5 Å². The zero-order chi connectivity index (χ0) is 20.5. The third-order valence-corrected chi connectivity index (χ3v) is 6.16. The van der Waals surface area contributed by atoms with Gasteiger partial charge in [-0.1, -0.05) is 87.4 Å². The molecule has 0 amide bonds. The lowest BCUT2D eigenvalue weighted by Crippen LogP contribution is -2.04. The largest absolute Gasteiger partial charge is 0.597 e. The van der Waals surface area contributed by atoms with Gasteiger partial charge in [0.2, 0.25) is 5.30 Å². The van der Waals surface area contributed by atoms with Crippen molar-refractivity contribution >= 4 is 13.3 Å². The van der Waals surface area contributed by atoms with Crippen molar-refractivity contribution < 1.29 is 9.09 Å². The van der Waals surface area contributed by atoms with Crippen LogP contribution in [0.1, 0.15) is 50.7 Å². The fourth-order valence-corrected chi connectivity index (χ4v) is 4.41. The van der Waals surface area contributed by atoms with Crippen LogP contribution in [-0.2, 0) is 17.4 Å². The highest BCUT2D eigenvalue weighted by molar-refractivity contribution is 7.48. The van der Waals surface area contributed by atoms with Crippen molar-refractivity contribution in [2.75, 3.05) is 0 Å². The second-order valence-corrected chi connectivity index (χ2v) is 8.59. The van der Waals surface area contributed by atoms with Crippen LogP contribution in [-0.4, -0.2) is 0 Å². The molecule has 0 aliphatic carbocycles. The maximum atomic E-state index is 13.2. The molecule has 1 unspecified atom stereocenters. The first-order valence-electron chi connectivity index (χ1n) is 10.6. The zero-order valence-electron chi connectivity index (χ0n) is 17.4. The number of para-hydroxylation sites is 1. The third kappa shape index (κ3) is 5.78. The Morgan fingerprint density at radius 1 is 0.724 bits per heavy atom. The van der Waals surface area contributed by atoms with E-state index >= 15 is 0 Å². The first-order chi connectivity index (χ1) is 14.2. The lowest BCUT2D eigenvalue weighted by Gasteiger charge is -2.10. The van der Waals surface area contributed by atoms with Gasteiger partial charge in [0.15, 0.2) is 5.75 Å². The molecule has 0 radical (unpaired) electrons. The van der Waals surface area contributed by atoms with Crippen LogP contribution in [0.15, 0.2) is 72.8 Å². The molecule has 3 heteroatoms. The smallest absolute Gasteiger partial charge is 0.250 e. The Labute approximate surface area is 175 Å². The molecular formula is C26H30O2P+. The van der Waals surface area contributed by atoms with E-state index < -0.39 is 8.03 Å². The predicted octanol–water partition coefficient (Wildman–Crippen LogP) is 7.49. The van der Waals surface area contributed by atoms with Gasteiger partial charge in [-0.15, -0.1) is 0 Å². The predicted molar refractivity (Wildman–Crippen MR) is 123 cm³/mol. The number of aryl methyl sites for hydroxylation is 2. The maximum absolute atomic E-state index is 13.2. The zero-order valence-corrected chi connectivity index (χ0v) is 18.3. The van der Waals surface area contributed by atoms with Crippen molar-refractivity contribution in [1.82, 2.24) is 0 Å². The van der Waals surface area contributed by atoms with Gasteiger partial charge in [0.25, 0.3) is 0 Å². The molecule has 0 saturated carbocycles. The SMILES string of the molecule is CCCCc1cccc(CCCC)c1O[P+](=O)c1cccc(-c2ccccc2)c1. The van der Waals surface area contributed by atoms with Crippen LogP contribution in [0.3, 0.4) is 0 Å². The molecule has 3 aromatic rings. The Hall–Kier alpha value is -2.44. The molecule has 3 aromatic carbocycles. The summed E-state index contributed by atoms with van der Waals surface area (Å²) < 4.78 is 19.3. The number of rotatable bonds is 10. The van der Waals surface area contributed by atoms with E-state index in [1.54, 1.807) is 0 Å². The molecule has 0 aliphatic heterocycles. The highest BCUT2D eigenvalue weighted by atomic mass is 31.1. The Morgan fingerprint density at radius 2 is 1.31 bits per heavy atom. The van der Waals surface area contributed by atoms with Gasteiger partial charge in [0.1, 0.15) is 0 Å². The molecule has 0 heterocycles. The summed E-state index contributed by atoms with van der Waals surface area (Å²) in [5.74, 6) is 0.834. The van der Waals surface area contributed by atoms with Crippen molar-refractivity contribution in [3.05, 3.63) is 83.9 Å². The van der Waals surface area contributed by atoms with Gasteiger partial charge in [0, 0.05) is 17.2 Å². The lowest BCUT2D eigenvalue weighted by molar-refractivity contribution is 0.506. The normalized spacial score (nSPS) is 11.3. The number of unbranched alkanes of at least 4 members (excludes halogenated alkanes) is 2. The van der Waals surface area contributed by atoms with Crippen LogP contribution >= 0.6 is 8.03 Å². The van der Waals surface area contributed by atoms with E-state index in [1.165, 1.54) is 11.1 Å². The van der Waals surface area contributed by atoms with Gasteiger partial charge < -0.3 is 0 Å². The number of hydrogen-bond donors (Lipinski definition) is 0. The summed E-state index contributed by atoms with van der Waals surface area (Å²) in [6.07, 6.45) is 6.38. The Kier molecular flexibility index (Phi) is 8.02. The Balaban J connectivity index is 1.88. The van der Waals surface area contributed by atoms with E-state index in [4.69, 9.17) is 4.52 Å². The van der Waals surface area contributed by atoms with Gasteiger partial charge in [-0.25, -0.2) is 4.52 Å². The number of hydrogen-bond acceptors (Lipinski definition) is 2. The standard InChI is InChI=1S/C26H30O2P/c1-3-5-12-22-16-10-17-23(13-6-4-2)26(22)28-29(27)25-19-11-18-24(20-25)21-14-8-7-9-15-21/h7-11,14-20H,3-6,12-13H2,1-2H3/q+1. The van der Waals surface area contributed by atoms with Crippen LogP contribution in [0.25, 0.3) is 11.1 Å². The molecule has 0 aliphatic rings. The Bertz CT molecular complexity index is 908. The summed E-state index contributed by atoms with van der Waals surface area (Å²) in [7, 11) is -1.97. The van der Waals surface area contributed by atoms with E-state index in [9.17, 15) is 4.57 Å². The molecule has 0 aromatic heterocycles. The molecule has 3 rings (SSSR count). The molecular weight excluding hydrogens is 375 g/mol. The second-order valence-electron chi connectivity index (χ2n) is 7.38. The van der Waals surface area contributed by atoms with E-state index in [0.717, 1.165) is 60.7 Å². The average molecular weight is 405 g/mol. The summed E-state index contributed by atoms with van der Waals surface area (Å²) in [5.41, 5.74) is 4.51. The minimum Gasteiger partial charge on any atom is -0.250 e. The first kappa shape index (κ1) is 21.3. The second kappa shape index (κ2) is 10.9. The first-order valence-corrected chi connectivity index (χ1v) is 11.8. The quantitative estimate of drug-likeness (QED) is 0.327. The molecule has 0 saturated heterocycles. The third-order valence-electron chi connectivity index (χ3n) is 5.12. The van der Waals surface area contributed by atoms with E-state index in [0.29, 0.717) is 0 Å². The van der Waals surface area contributed by atoms with Crippen molar-refractivity contribution in [1.29, 1.82) is 0 Å². The number of benzene rings is 3. The van der Waals surface area contributed by atoms with E-state index in [2.05, 4.69) is 44.2 Å². The van der Waals surface area contributed by atoms with Gasteiger partial charge in [-0.05, 0) is 47.4 Å². The highest BCUT2D eigenvalue weighted by Gasteiger charge is 2.27. The Morgan fingerprint density at radius 3 is 1.93 bits per heavy atom. The fraction of sp³-hybridized carbons (Fsp3) is 0.308. The van der Waals surface area contributed by atoms with Crippen molar-refractivity contribution in [2.45, 2.75) is 52.4 Å². The highest BCUT2D eigenvalue weighted by Crippen LogP contribution is 2.35. The fourth-order valence-electron chi connectivity index (χ4n) is 3.45. The summed E-state index contributed by atoms with van der Waals surface area (Å²) in [4.78, 5) is 0. The maximum Gasteiger partial charge on any atom is 0.597 e. The van der Waals surface area contributed by atoms with Crippen molar-refractivity contribution in [2.24, 2.45) is 0 Å². The minimum absolute atomic E-state index is 0.730. The summed E-state index contributed by atoms with van der Waals surface area (Å²) >= 11 is 0. The summed E-state index contributed by atoms with van der Waals surface area (Å²) in [6.45, 7) is 4.38. The lowest BCUT2D eigenvalue weighted by atomic mass is 10.0. The van der Waals surface area contributed by atoms with Gasteiger partial charge in [0.05, 0.1) is 0 Å². The van der Waals surface area contributed by atoms with Gasteiger partial charge in [-0.2, -0.15) is 0 Å². The van der Waals surface area contributed by atoms with Crippen LogP contribution in [0.5, 0.6) is 5.75 Å².